The largest absolute Gasteiger partial charge is 0.444 e. The monoisotopic (exact) mass is 446 g/mol. The molecular formula is C20H16BrFN2O4. The number of aliphatic hydroxyl groups excluding tert-OH is 1. The lowest BCUT2D eigenvalue weighted by atomic mass is 10.1. The summed E-state index contributed by atoms with van der Waals surface area (Å²) < 4.78 is 18.5. The van der Waals surface area contributed by atoms with Crippen LogP contribution in [0.15, 0.2) is 69.8 Å². The minimum Gasteiger partial charge on any atom is -0.444 e. The van der Waals surface area contributed by atoms with Crippen molar-refractivity contribution in [2.45, 2.75) is 6.10 Å². The summed E-state index contributed by atoms with van der Waals surface area (Å²) in [6.45, 7) is -0.0175. The highest BCUT2D eigenvalue weighted by atomic mass is 79.9. The van der Waals surface area contributed by atoms with Gasteiger partial charge in [-0.15, -0.1) is 0 Å². The summed E-state index contributed by atoms with van der Waals surface area (Å²) in [6, 6.07) is 14.8. The van der Waals surface area contributed by atoms with E-state index in [9.17, 15) is 19.1 Å². The highest BCUT2D eigenvalue weighted by molar-refractivity contribution is 9.10. The van der Waals surface area contributed by atoms with Crippen LogP contribution >= 0.6 is 15.9 Å². The summed E-state index contributed by atoms with van der Waals surface area (Å²) in [5, 5.41) is 15.3. The molecule has 3 rings (SSSR count). The average Bonchev–Trinajstić information content (AvgIpc) is 3.13. The van der Waals surface area contributed by atoms with Crippen molar-refractivity contribution in [1.29, 1.82) is 0 Å². The molecule has 0 aliphatic rings. The van der Waals surface area contributed by atoms with Gasteiger partial charge in [-0.3, -0.25) is 9.59 Å². The topological polar surface area (TPSA) is 91.6 Å². The van der Waals surface area contributed by atoms with Gasteiger partial charge in [0.1, 0.15) is 5.82 Å². The van der Waals surface area contributed by atoms with Crippen LogP contribution in [0.5, 0.6) is 0 Å². The van der Waals surface area contributed by atoms with Gasteiger partial charge in [-0.05, 0) is 70.0 Å². The van der Waals surface area contributed by atoms with Gasteiger partial charge in [0, 0.05) is 17.8 Å². The van der Waals surface area contributed by atoms with E-state index in [4.69, 9.17) is 4.42 Å². The number of furan rings is 1. The third kappa shape index (κ3) is 5.05. The van der Waals surface area contributed by atoms with Crippen molar-refractivity contribution in [3.63, 3.8) is 0 Å². The van der Waals surface area contributed by atoms with Crippen LogP contribution in [0.1, 0.15) is 32.6 Å². The maximum Gasteiger partial charge on any atom is 0.291 e. The second-order valence-corrected chi connectivity index (χ2v) is 6.69. The first-order valence-corrected chi connectivity index (χ1v) is 9.10. The number of amides is 2. The maximum absolute atomic E-state index is 12.9. The quantitative estimate of drug-likeness (QED) is 0.535. The van der Waals surface area contributed by atoms with Gasteiger partial charge in [-0.1, -0.05) is 12.1 Å². The van der Waals surface area contributed by atoms with Gasteiger partial charge in [0.2, 0.25) is 0 Å². The lowest BCUT2D eigenvalue weighted by molar-refractivity contribution is 0.0916. The molecule has 0 radical (unpaired) electrons. The standard InChI is InChI=1S/C20H16BrFN2O4/c21-18-10-9-17(28-18)20(27)24-15-7-3-13(4-8-15)19(26)23-11-16(25)12-1-5-14(22)6-2-12/h1-10,16,25H,11H2,(H,23,26)(H,24,27). The Morgan fingerprint density at radius 2 is 1.68 bits per heavy atom. The summed E-state index contributed by atoms with van der Waals surface area (Å²) >= 11 is 3.13. The van der Waals surface area contributed by atoms with Gasteiger partial charge in [0.25, 0.3) is 11.8 Å². The van der Waals surface area contributed by atoms with Gasteiger partial charge >= 0.3 is 0 Å². The van der Waals surface area contributed by atoms with Crippen molar-refractivity contribution in [2.75, 3.05) is 11.9 Å². The molecule has 1 heterocycles. The first kappa shape index (κ1) is 19.8. The molecule has 144 valence electrons. The fourth-order valence-corrected chi connectivity index (χ4v) is 2.73. The lowest BCUT2D eigenvalue weighted by Crippen LogP contribution is -2.28. The van der Waals surface area contributed by atoms with Crippen molar-refractivity contribution in [3.8, 4) is 0 Å². The molecule has 0 fully saturated rings. The van der Waals surface area contributed by atoms with E-state index in [2.05, 4.69) is 26.6 Å². The highest BCUT2D eigenvalue weighted by Crippen LogP contribution is 2.17. The van der Waals surface area contributed by atoms with E-state index in [1.807, 2.05) is 0 Å². The number of halogens is 2. The first-order valence-electron chi connectivity index (χ1n) is 8.31. The normalized spacial score (nSPS) is 11.7. The molecule has 0 aliphatic heterocycles. The van der Waals surface area contributed by atoms with Gasteiger partial charge in [-0.25, -0.2) is 4.39 Å². The minimum absolute atomic E-state index is 0.0175. The summed E-state index contributed by atoms with van der Waals surface area (Å²) in [4.78, 5) is 24.2. The van der Waals surface area contributed by atoms with E-state index in [0.717, 1.165) is 0 Å². The van der Waals surface area contributed by atoms with Crippen LogP contribution in [0.4, 0.5) is 10.1 Å². The predicted octanol–water partition coefficient (Wildman–Crippen LogP) is 3.90. The molecule has 1 atom stereocenters. The molecule has 2 aromatic carbocycles. The van der Waals surface area contributed by atoms with Crippen molar-refractivity contribution in [3.05, 3.63) is 88.0 Å². The van der Waals surface area contributed by atoms with Crippen molar-refractivity contribution in [2.24, 2.45) is 0 Å². The van der Waals surface area contributed by atoms with Crippen molar-refractivity contribution >= 4 is 33.4 Å². The Morgan fingerprint density at radius 1 is 1.00 bits per heavy atom. The molecule has 3 N–H and O–H groups in total. The Kier molecular flexibility index (Phi) is 6.23. The third-order valence-electron chi connectivity index (χ3n) is 3.91. The number of hydrogen-bond donors (Lipinski definition) is 3. The molecule has 2 amide bonds. The Labute approximate surface area is 168 Å². The number of nitrogens with one attached hydrogen (secondary N) is 2. The Balaban J connectivity index is 1.54. The highest BCUT2D eigenvalue weighted by Gasteiger charge is 2.13. The SMILES string of the molecule is O=C(NCC(O)c1ccc(F)cc1)c1ccc(NC(=O)c2ccc(Br)o2)cc1. The van der Waals surface area contributed by atoms with E-state index in [0.29, 0.717) is 21.5 Å². The fraction of sp³-hybridized carbons (Fsp3) is 0.100. The third-order valence-corrected chi connectivity index (χ3v) is 4.34. The van der Waals surface area contributed by atoms with Gasteiger partial charge in [-0.2, -0.15) is 0 Å². The van der Waals surface area contributed by atoms with Crippen LogP contribution in [-0.4, -0.2) is 23.5 Å². The van der Waals surface area contributed by atoms with Crippen LogP contribution in [0.3, 0.4) is 0 Å². The van der Waals surface area contributed by atoms with E-state index in [1.54, 1.807) is 30.3 Å². The molecular weight excluding hydrogens is 431 g/mol. The van der Waals surface area contributed by atoms with E-state index < -0.39 is 17.8 Å². The van der Waals surface area contributed by atoms with E-state index >= 15 is 0 Å². The first-order chi connectivity index (χ1) is 13.4. The molecule has 28 heavy (non-hydrogen) atoms. The number of carbonyl (C=O) groups excluding carboxylic acids is 2. The summed E-state index contributed by atoms with van der Waals surface area (Å²) in [6.07, 6.45) is -0.948. The molecule has 8 heteroatoms. The van der Waals surface area contributed by atoms with Crippen LogP contribution < -0.4 is 10.6 Å². The molecule has 0 spiro atoms. The van der Waals surface area contributed by atoms with E-state index in [1.165, 1.54) is 30.3 Å². The van der Waals surface area contributed by atoms with Crippen LogP contribution in [-0.2, 0) is 0 Å². The second-order valence-electron chi connectivity index (χ2n) is 5.91. The number of benzene rings is 2. The van der Waals surface area contributed by atoms with Gasteiger partial charge in [0.15, 0.2) is 10.4 Å². The number of aliphatic hydroxyl groups is 1. The molecule has 1 aromatic heterocycles. The zero-order chi connectivity index (χ0) is 20.1. The predicted molar refractivity (Wildman–Crippen MR) is 104 cm³/mol. The smallest absolute Gasteiger partial charge is 0.291 e. The molecule has 0 saturated carbocycles. The fourth-order valence-electron chi connectivity index (χ4n) is 2.43. The van der Waals surface area contributed by atoms with Crippen LogP contribution in [0, 0.1) is 5.82 Å². The Morgan fingerprint density at radius 3 is 2.29 bits per heavy atom. The molecule has 0 bridgehead atoms. The Bertz CT molecular complexity index is 971. The molecule has 0 saturated heterocycles. The zero-order valence-corrected chi connectivity index (χ0v) is 16.1. The van der Waals surface area contributed by atoms with E-state index in [-0.39, 0.29) is 18.2 Å². The van der Waals surface area contributed by atoms with Crippen molar-refractivity contribution < 1.29 is 23.5 Å². The summed E-state index contributed by atoms with van der Waals surface area (Å²) in [7, 11) is 0. The van der Waals surface area contributed by atoms with Gasteiger partial charge in [0.05, 0.1) is 6.10 Å². The number of anilines is 1. The second kappa shape index (κ2) is 8.81. The Hall–Kier alpha value is -2.97. The van der Waals surface area contributed by atoms with Crippen LogP contribution in [0.25, 0.3) is 0 Å². The minimum atomic E-state index is -0.948. The zero-order valence-electron chi connectivity index (χ0n) is 14.5. The average molecular weight is 447 g/mol. The molecule has 1 unspecified atom stereocenters. The summed E-state index contributed by atoms with van der Waals surface area (Å²) in [5.74, 6) is -1.03. The summed E-state index contributed by atoms with van der Waals surface area (Å²) in [5.41, 5.74) is 1.37. The molecule has 0 aliphatic carbocycles. The number of hydrogen-bond acceptors (Lipinski definition) is 4. The molecule has 6 nitrogen and oxygen atoms in total. The lowest BCUT2D eigenvalue weighted by Gasteiger charge is -2.12. The number of rotatable bonds is 6. The molecule has 3 aromatic rings. The number of carbonyl (C=O) groups is 2. The maximum atomic E-state index is 12.9. The van der Waals surface area contributed by atoms with Crippen LogP contribution in [0.2, 0.25) is 0 Å². The van der Waals surface area contributed by atoms with Gasteiger partial charge < -0.3 is 20.2 Å². The van der Waals surface area contributed by atoms with Crippen molar-refractivity contribution in [1.82, 2.24) is 5.32 Å².